The number of benzene rings is 2. The van der Waals surface area contributed by atoms with Crippen molar-refractivity contribution in [2.24, 2.45) is 0 Å². The molecule has 140 valence electrons. The first-order valence-corrected chi connectivity index (χ1v) is 9.83. The SMILES string of the molecule is CCc1ccc(CNC(=O)c2cc3c(Cl)ccc4c3n2C[C@@H](CC)O4)cc1. The van der Waals surface area contributed by atoms with Crippen LogP contribution < -0.4 is 10.1 Å². The molecule has 1 aliphatic rings. The van der Waals surface area contributed by atoms with E-state index in [1.165, 1.54) is 5.56 Å². The first kappa shape index (κ1) is 17.9. The van der Waals surface area contributed by atoms with Crippen molar-refractivity contribution >= 4 is 28.4 Å². The molecule has 2 heterocycles. The summed E-state index contributed by atoms with van der Waals surface area (Å²) < 4.78 is 8.09. The normalized spacial score (nSPS) is 15.6. The lowest BCUT2D eigenvalue weighted by atomic mass is 10.1. The molecule has 3 aromatic rings. The van der Waals surface area contributed by atoms with Gasteiger partial charge in [-0.3, -0.25) is 4.79 Å². The number of carbonyl (C=O) groups excluding carboxylic acids is 1. The minimum Gasteiger partial charge on any atom is -0.486 e. The molecule has 27 heavy (non-hydrogen) atoms. The maximum absolute atomic E-state index is 12.9. The lowest BCUT2D eigenvalue weighted by Crippen LogP contribution is -2.31. The second-order valence-corrected chi connectivity index (χ2v) is 7.36. The Labute approximate surface area is 164 Å². The van der Waals surface area contributed by atoms with E-state index in [0.717, 1.165) is 35.1 Å². The molecule has 5 heteroatoms. The van der Waals surface area contributed by atoms with E-state index in [1.807, 2.05) is 22.8 Å². The van der Waals surface area contributed by atoms with Gasteiger partial charge in [0.05, 0.1) is 17.1 Å². The van der Waals surface area contributed by atoms with Crippen molar-refractivity contribution in [1.29, 1.82) is 0 Å². The summed E-state index contributed by atoms with van der Waals surface area (Å²) in [4.78, 5) is 12.9. The zero-order valence-electron chi connectivity index (χ0n) is 15.6. The number of rotatable bonds is 5. The number of aryl methyl sites for hydroxylation is 1. The second-order valence-electron chi connectivity index (χ2n) is 6.95. The number of nitrogens with one attached hydrogen (secondary N) is 1. The van der Waals surface area contributed by atoms with Crippen molar-refractivity contribution < 1.29 is 9.53 Å². The second kappa shape index (κ2) is 7.28. The van der Waals surface area contributed by atoms with Gasteiger partial charge in [0.25, 0.3) is 5.91 Å². The Bertz CT molecular complexity index is 992. The Morgan fingerprint density at radius 2 is 1.93 bits per heavy atom. The fourth-order valence-electron chi connectivity index (χ4n) is 3.59. The van der Waals surface area contributed by atoms with E-state index in [2.05, 4.69) is 43.4 Å². The summed E-state index contributed by atoms with van der Waals surface area (Å²) in [7, 11) is 0. The summed E-state index contributed by atoms with van der Waals surface area (Å²) in [6, 6.07) is 13.9. The number of ether oxygens (including phenoxy) is 1. The van der Waals surface area contributed by atoms with E-state index < -0.39 is 0 Å². The standard InChI is InChI=1S/C22H23ClN2O2/c1-3-14-5-7-15(8-6-14)12-24-22(26)19-11-17-18(23)9-10-20-21(17)25(19)13-16(4-2)27-20/h5-11,16H,3-4,12-13H2,1-2H3,(H,24,26)/t16-/m1/s1. The fraction of sp³-hybridized carbons (Fsp3) is 0.318. The average molecular weight is 383 g/mol. The maximum atomic E-state index is 12.9. The predicted octanol–water partition coefficient (Wildman–Crippen LogP) is 4.96. The van der Waals surface area contributed by atoms with Crippen LogP contribution in [0.5, 0.6) is 5.75 Å². The van der Waals surface area contributed by atoms with Gasteiger partial charge >= 0.3 is 0 Å². The highest BCUT2D eigenvalue weighted by atomic mass is 35.5. The van der Waals surface area contributed by atoms with Crippen molar-refractivity contribution in [3.8, 4) is 5.75 Å². The summed E-state index contributed by atoms with van der Waals surface area (Å²) in [5.74, 6) is 0.700. The van der Waals surface area contributed by atoms with Crippen LogP contribution in [0.2, 0.25) is 5.02 Å². The predicted molar refractivity (Wildman–Crippen MR) is 109 cm³/mol. The first-order chi connectivity index (χ1) is 13.1. The van der Waals surface area contributed by atoms with Crippen molar-refractivity contribution in [2.75, 3.05) is 0 Å². The quantitative estimate of drug-likeness (QED) is 0.677. The Balaban J connectivity index is 1.62. The van der Waals surface area contributed by atoms with Crippen LogP contribution in [0.3, 0.4) is 0 Å². The highest BCUT2D eigenvalue weighted by molar-refractivity contribution is 6.36. The molecule has 0 saturated carbocycles. The van der Waals surface area contributed by atoms with E-state index >= 15 is 0 Å². The molecule has 0 bridgehead atoms. The summed E-state index contributed by atoms with van der Waals surface area (Å²) in [6.45, 7) is 5.37. The molecular formula is C22H23ClN2O2. The number of nitrogens with zero attached hydrogens (tertiary/aromatic N) is 1. The summed E-state index contributed by atoms with van der Waals surface area (Å²) in [6.07, 6.45) is 1.95. The third-order valence-electron chi connectivity index (χ3n) is 5.22. The highest BCUT2D eigenvalue weighted by Gasteiger charge is 2.26. The van der Waals surface area contributed by atoms with Crippen LogP contribution in [0, 0.1) is 0 Å². The molecule has 2 aromatic carbocycles. The molecular weight excluding hydrogens is 360 g/mol. The van der Waals surface area contributed by atoms with Crippen LogP contribution >= 0.6 is 11.6 Å². The molecule has 0 saturated heterocycles. The van der Waals surface area contributed by atoms with Crippen LogP contribution in [-0.4, -0.2) is 16.6 Å². The number of hydrogen-bond acceptors (Lipinski definition) is 2. The van der Waals surface area contributed by atoms with Gasteiger partial charge in [0.2, 0.25) is 0 Å². The summed E-state index contributed by atoms with van der Waals surface area (Å²) in [5, 5.41) is 4.54. The fourth-order valence-corrected chi connectivity index (χ4v) is 3.79. The van der Waals surface area contributed by atoms with Crippen LogP contribution in [0.15, 0.2) is 42.5 Å². The Morgan fingerprint density at radius 1 is 1.19 bits per heavy atom. The molecule has 4 nitrogen and oxygen atoms in total. The van der Waals surface area contributed by atoms with Crippen LogP contribution in [0.1, 0.15) is 41.9 Å². The lowest BCUT2D eigenvalue weighted by molar-refractivity contribution is 0.0935. The van der Waals surface area contributed by atoms with Crippen molar-refractivity contribution in [3.63, 3.8) is 0 Å². The van der Waals surface area contributed by atoms with E-state index in [-0.39, 0.29) is 12.0 Å². The largest absolute Gasteiger partial charge is 0.486 e. The number of halogens is 1. The molecule has 1 atom stereocenters. The summed E-state index contributed by atoms with van der Waals surface area (Å²) >= 11 is 6.37. The lowest BCUT2D eigenvalue weighted by Gasteiger charge is -2.26. The smallest absolute Gasteiger partial charge is 0.268 e. The van der Waals surface area contributed by atoms with Gasteiger partial charge in [0, 0.05) is 11.9 Å². The number of carbonyl (C=O) groups is 1. The topological polar surface area (TPSA) is 43.3 Å². The summed E-state index contributed by atoms with van der Waals surface area (Å²) in [5.41, 5.74) is 3.92. The van der Waals surface area contributed by atoms with Crippen molar-refractivity contribution in [1.82, 2.24) is 9.88 Å². The Morgan fingerprint density at radius 3 is 2.63 bits per heavy atom. The van der Waals surface area contributed by atoms with Crippen molar-refractivity contribution in [3.05, 3.63) is 64.3 Å². The monoisotopic (exact) mass is 382 g/mol. The van der Waals surface area contributed by atoms with Gasteiger partial charge in [0.15, 0.2) is 0 Å². The van der Waals surface area contributed by atoms with Gasteiger partial charge in [-0.05, 0) is 42.2 Å². The molecule has 0 unspecified atom stereocenters. The number of amides is 1. The van der Waals surface area contributed by atoms with Gasteiger partial charge in [0.1, 0.15) is 17.5 Å². The maximum Gasteiger partial charge on any atom is 0.268 e. The molecule has 4 rings (SSSR count). The van der Waals surface area contributed by atoms with Gasteiger partial charge in [-0.25, -0.2) is 0 Å². The number of aromatic nitrogens is 1. The first-order valence-electron chi connectivity index (χ1n) is 9.45. The van der Waals surface area contributed by atoms with Gasteiger partial charge in [-0.2, -0.15) is 0 Å². The molecule has 0 fully saturated rings. The number of hydrogen-bond donors (Lipinski definition) is 1. The Hall–Kier alpha value is -2.46. The van der Waals surface area contributed by atoms with Gasteiger partial charge < -0.3 is 14.6 Å². The third kappa shape index (κ3) is 3.30. The highest BCUT2D eigenvalue weighted by Crippen LogP contribution is 2.38. The van der Waals surface area contributed by atoms with E-state index in [0.29, 0.717) is 23.8 Å². The minimum absolute atomic E-state index is 0.0578. The third-order valence-corrected chi connectivity index (χ3v) is 5.55. The molecule has 1 aliphatic heterocycles. The van der Waals surface area contributed by atoms with Crippen LogP contribution in [0.4, 0.5) is 0 Å². The zero-order valence-corrected chi connectivity index (χ0v) is 16.3. The average Bonchev–Trinajstić information content (AvgIpc) is 3.10. The van der Waals surface area contributed by atoms with Crippen LogP contribution in [-0.2, 0) is 19.5 Å². The molecule has 0 spiro atoms. The molecule has 0 aliphatic carbocycles. The van der Waals surface area contributed by atoms with Crippen LogP contribution in [0.25, 0.3) is 10.9 Å². The molecule has 1 aromatic heterocycles. The molecule has 1 N–H and O–H groups in total. The van der Waals surface area contributed by atoms with Gasteiger partial charge in [-0.15, -0.1) is 0 Å². The Kier molecular flexibility index (Phi) is 4.83. The van der Waals surface area contributed by atoms with Crippen molar-refractivity contribution in [2.45, 2.75) is 45.9 Å². The van der Waals surface area contributed by atoms with Gasteiger partial charge in [-0.1, -0.05) is 49.7 Å². The minimum atomic E-state index is -0.0930. The molecule has 0 radical (unpaired) electrons. The zero-order chi connectivity index (χ0) is 19.0. The molecule has 1 amide bonds. The van der Waals surface area contributed by atoms with E-state index in [9.17, 15) is 4.79 Å². The van der Waals surface area contributed by atoms with E-state index in [4.69, 9.17) is 16.3 Å². The van der Waals surface area contributed by atoms with E-state index in [1.54, 1.807) is 0 Å².